The van der Waals surface area contributed by atoms with E-state index in [1.807, 2.05) is 30.3 Å². The third kappa shape index (κ3) is 4.66. The maximum absolute atomic E-state index is 12.8. The topological polar surface area (TPSA) is 116 Å². The van der Waals surface area contributed by atoms with Gasteiger partial charge in [-0.3, -0.25) is 10.1 Å². The summed E-state index contributed by atoms with van der Waals surface area (Å²) >= 11 is 0. The number of imide groups is 1. The van der Waals surface area contributed by atoms with E-state index in [-0.39, 0.29) is 23.5 Å². The molecule has 2 heterocycles. The molecule has 2 aromatic carbocycles. The number of rotatable bonds is 7. The minimum Gasteiger partial charge on any atom is -0.441 e. The average Bonchev–Trinajstić information content (AvgIpc) is 3.28. The zero-order chi connectivity index (χ0) is 22.0. The number of hydrogen-bond donors (Lipinski definition) is 1. The number of aryl methyl sites for hydroxylation is 2. The smallest absolute Gasteiger partial charge is 0.414 e. The number of hydrogen-bond acceptors (Lipinski definition) is 7. The SMILES string of the molecule is Cc1oc(-c2ccccc2)nc1CCS(=O)(=O)c1ccc(CC2OC(=O)NC2=O)cc1. The number of cyclic esters (lactones) is 1. The van der Waals surface area contributed by atoms with E-state index >= 15 is 0 Å². The number of nitrogens with zero attached hydrogens (tertiary/aromatic N) is 1. The Balaban J connectivity index is 1.42. The Morgan fingerprint density at radius 3 is 2.39 bits per heavy atom. The van der Waals surface area contributed by atoms with Crippen molar-refractivity contribution in [2.24, 2.45) is 0 Å². The first kappa shape index (κ1) is 20.8. The summed E-state index contributed by atoms with van der Waals surface area (Å²) in [7, 11) is -3.54. The van der Waals surface area contributed by atoms with E-state index < -0.39 is 27.9 Å². The average molecular weight is 440 g/mol. The number of alkyl carbamates (subject to hydrolysis) is 1. The standard InChI is InChI=1S/C22H20N2O6S/c1-14-18(23-21(29-14)16-5-3-2-4-6-16)11-12-31(27,28)17-9-7-15(8-10-17)13-19-20(25)24-22(26)30-19/h2-10,19H,11-13H2,1H3,(H,24,25,26). The van der Waals surface area contributed by atoms with Crippen molar-refractivity contribution in [2.45, 2.75) is 30.8 Å². The lowest BCUT2D eigenvalue weighted by Crippen LogP contribution is -2.25. The van der Waals surface area contributed by atoms with Gasteiger partial charge in [0, 0.05) is 18.4 Å². The van der Waals surface area contributed by atoms with Crippen molar-refractivity contribution >= 4 is 21.8 Å². The number of benzene rings is 2. The summed E-state index contributed by atoms with van der Waals surface area (Å²) in [5.41, 5.74) is 2.12. The van der Waals surface area contributed by atoms with Crippen molar-refractivity contribution < 1.29 is 27.2 Å². The molecule has 1 aromatic heterocycles. The highest BCUT2D eigenvalue weighted by Crippen LogP contribution is 2.23. The molecular weight excluding hydrogens is 420 g/mol. The van der Waals surface area contributed by atoms with Gasteiger partial charge in [0.15, 0.2) is 15.9 Å². The van der Waals surface area contributed by atoms with Crippen LogP contribution < -0.4 is 5.32 Å². The summed E-state index contributed by atoms with van der Waals surface area (Å²) in [6.45, 7) is 1.77. The van der Waals surface area contributed by atoms with Gasteiger partial charge in [-0.05, 0) is 36.8 Å². The zero-order valence-electron chi connectivity index (χ0n) is 16.7. The minimum absolute atomic E-state index is 0.114. The summed E-state index contributed by atoms with van der Waals surface area (Å²) in [6.07, 6.45) is -1.26. The molecule has 9 heteroatoms. The van der Waals surface area contributed by atoms with E-state index in [9.17, 15) is 18.0 Å². The van der Waals surface area contributed by atoms with Gasteiger partial charge in [0.2, 0.25) is 5.89 Å². The van der Waals surface area contributed by atoms with Gasteiger partial charge in [-0.2, -0.15) is 0 Å². The second-order valence-corrected chi connectivity index (χ2v) is 9.30. The molecule has 1 atom stereocenters. The molecule has 0 spiro atoms. The number of carbonyl (C=O) groups is 2. The van der Waals surface area contributed by atoms with Crippen LogP contribution in [0.4, 0.5) is 4.79 Å². The van der Waals surface area contributed by atoms with E-state index in [0.717, 1.165) is 5.56 Å². The summed E-state index contributed by atoms with van der Waals surface area (Å²) in [6, 6.07) is 15.6. The predicted molar refractivity (Wildman–Crippen MR) is 111 cm³/mol. The highest BCUT2D eigenvalue weighted by Gasteiger charge is 2.32. The molecule has 0 aliphatic carbocycles. The van der Waals surface area contributed by atoms with Gasteiger partial charge in [0.05, 0.1) is 16.3 Å². The second kappa shape index (κ2) is 8.35. The lowest BCUT2D eigenvalue weighted by atomic mass is 10.1. The Morgan fingerprint density at radius 1 is 1.03 bits per heavy atom. The van der Waals surface area contributed by atoms with Crippen LogP contribution in [0.1, 0.15) is 17.0 Å². The highest BCUT2D eigenvalue weighted by molar-refractivity contribution is 7.91. The molecule has 160 valence electrons. The summed E-state index contributed by atoms with van der Waals surface area (Å²) in [5.74, 6) is 0.441. The summed E-state index contributed by atoms with van der Waals surface area (Å²) < 4.78 is 36.1. The van der Waals surface area contributed by atoms with Crippen LogP contribution in [0.25, 0.3) is 11.5 Å². The fourth-order valence-electron chi connectivity index (χ4n) is 3.29. The molecule has 0 bridgehead atoms. The van der Waals surface area contributed by atoms with Crippen molar-refractivity contribution in [1.82, 2.24) is 10.3 Å². The molecule has 1 aliphatic rings. The lowest BCUT2D eigenvalue weighted by Gasteiger charge is -2.08. The number of oxazole rings is 1. The van der Waals surface area contributed by atoms with Crippen molar-refractivity contribution in [1.29, 1.82) is 0 Å². The Bertz CT molecular complexity index is 1220. The number of ether oxygens (including phenoxy) is 1. The minimum atomic E-state index is -3.54. The first-order valence-electron chi connectivity index (χ1n) is 9.67. The maximum atomic E-state index is 12.8. The van der Waals surface area contributed by atoms with Gasteiger partial charge in [-0.1, -0.05) is 30.3 Å². The van der Waals surface area contributed by atoms with Gasteiger partial charge in [0.25, 0.3) is 5.91 Å². The van der Waals surface area contributed by atoms with E-state index in [1.54, 1.807) is 19.1 Å². The third-order valence-corrected chi connectivity index (χ3v) is 6.72. The zero-order valence-corrected chi connectivity index (χ0v) is 17.5. The van der Waals surface area contributed by atoms with Crippen LogP contribution in [-0.4, -0.2) is 37.3 Å². The van der Waals surface area contributed by atoms with Crippen LogP contribution >= 0.6 is 0 Å². The number of carbonyl (C=O) groups excluding carboxylic acids is 2. The van der Waals surface area contributed by atoms with Gasteiger partial charge < -0.3 is 9.15 Å². The number of aromatic nitrogens is 1. The molecule has 0 radical (unpaired) electrons. The predicted octanol–water partition coefficient (Wildman–Crippen LogP) is 2.84. The first-order valence-corrected chi connectivity index (χ1v) is 11.3. The lowest BCUT2D eigenvalue weighted by molar-refractivity contribution is -0.123. The van der Waals surface area contributed by atoms with Gasteiger partial charge in [-0.15, -0.1) is 0 Å². The van der Waals surface area contributed by atoms with Gasteiger partial charge in [0.1, 0.15) is 5.76 Å². The van der Waals surface area contributed by atoms with E-state index in [4.69, 9.17) is 9.15 Å². The molecule has 1 unspecified atom stereocenters. The van der Waals surface area contributed by atoms with Crippen LogP contribution in [0.2, 0.25) is 0 Å². The van der Waals surface area contributed by atoms with Crippen LogP contribution in [-0.2, 0) is 32.2 Å². The third-order valence-electron chi connectivity index (χ3n) is 4.99. The van der Waals surface area contributed by atoms with Crippen LogP contribution in [0, 0.1) is 6.92 Å². The molecule has 31 heavy (non-hydrogen) atoms. The van der Waals surface area contributed by atoms with Crippen molar-refractivity contribution in [2.75, 3.05) is 5.75 Å². The molecule has 1 saturated heterocycles. The quantitative estimate of drug-likeness (QED) is 0.601. The van der Waals surface area contributed by atoms with Crippen molar-refractivity contribution in [3.8, 4) is 11.5 Å². The molecule has 0 saturated carbocycles. The van der Waals surface area contributed by atoms with Gasteiger partial charge >= 0.3 is 6.09 Å². The van der Waals surface area contributed by atoms with E-state index in [1.165, 1.54) is 12.1 Å². The monoisotopic (exact) mass is 440 g/mol. The molecule has 1 fully saturated rings. The molecule has 1 aliphatic heterocycles. The van der Waals surface area contributed by atoms with Crippen LogP contribution in [0.3, 0.4) is 0 Å². The Morgan fingerprint density at radius 2 is 1.74 bits per heavy atom. The normalized spacial score (nSPS) is 16.2. The fourth-order valence-corrected chi connectivity index (χ4v) is 4.54. The number of nitrogens with one attached hydrogen (secondary N) is 1. The van der Waals surface area contributed by atoms with Crippen LogP contribution in [0.5, 0.6) is 0 Å². The van der Waals surface area contributed by atoms with E-state index in [2.05, 4.69) is 10.3 Å². The first-order chi connectivity index (χ1) is 14.8. The fraction of sp³-hybridized carbons (Fsp3) is 0.227. The molecule has 8 nitrogen and oxygen atoms in total. The molecule has 2 amide bonds. The second-order valence-electron chi connectivity index (χ2n) is 7.19. The molecule has 4 rings (SSSR count). The van der Waals surface area contributed by atoms with E-state index in [0.29, 0.717) is 22.9 Å². The summed E-state index contributed by atoms with van der Waals surface area (Å²) in [4.78, 5) is 27.3. The molecular formula is C22H20N2O6S. The maximum Gasteiger partial charge on any atom is 0.414 e. The largest absolute Gasteiger partial charge is 0.441 e. The Kier molecular flexibility index (Phi) is 5.60. The molecule has 1 N–H and O–H groups in total. The van der Waals surface area contributed by atoms with Crippen molar-refractivity contribution in [3.05, 3.63) is 71.6 Å². The highest BCUT2D eigenvalue weighted by atomic mass is 32.2. The van der Waals surface area contributed by atoms with Crippen molar-refractivity contribution in [3.63, 3.8) is 0 Å². The Hall–Kier alpha value is -3.46. The summed E-state index contributed by atoms with van der Waals surface area (Å²) in [5, 5.41) is 2.06. The number of amides is 2. The Labute approximate surface area is 179 Å². The van der Waals surface area contributed by atoms with Crippen LogP contribution in [0.15, 0.2) is 63.9 Å². The molecule has 3 aromatic rings. The van der Waals surface area contributed by atoms with Gasteiger partial charge in [-0.25, -0.2) is 18.2 Å². The number of sulfone groups is 1.